The fraction of sp³-hybridized carbons (Fsp3) is 0.192. The number of carbonyl (C=O) groups is 1. The average Bonchev–Trinajstić information content (AvgIpc) is 3.35. The highest BCUT2D eigenvalue weighted by atomic mass is 35.5. The van der Waals surface area contributed by atoms with Gasteiger partial charge in [0.05, 0.1) is 10.4 Å². The number of rotatable bonds is 6. The maximum Gasteiger partial charge on any atom is 0.434 e. The third kappa shape index (κ3) is 4.02. The first-order valence-corrected chi connectivity index (χ1v) is 12.0. The Kier molecular flexibility index (Phi) is 5.75. The largest absolute Gasteiger partial charge is 0.859 e. The molecular formula is C26H20ClN2O4S-. The zero-order valence-electron chi connectivity index (χ0n) is 18.5. The van der Waals surface area contributed by atoms with E-state index in [2.05, 4.69) is 22.4 Å². The van der Waals surface area contributed by atoms with Gasteiger partial charge in [-0.3, -0.25) is 0 Å². The highest BCUT2D eigenvalue weighted by Gasteiger charge is 2.37. The first-order chi connectivity index (χ1) is 16.4. The average molecular weight is 492 g/mol. The number of benzene rings is 3. The summed E-state index contributed by atoms with van der Waals surface area (Å²) in [5.41, 5.74) is 2.04. The van der Waals surface area contributed by atoms with E-state index >= 15 is 0 Å². The van der Waals surface area contributed by atoms with Crippen molar-refractivity contribution in [3.05, 3.63) is 76.8 Å². The van der Waals surface area contributed by atoms with E-state index in [4.69, 9.17) is 21.1 Å². The maximum atomic E-state index is 12.2. The van der Waals surface area contributed by atoms with E-state index in [-0.39, 0.29) is 0 Å². The summed E-state index contributed by atoms with van der Waals surface area (Å²) in [6, 6.07) is 18.8. The maximum absolute atomic E-state index is 12.2. The molecule has 3 aromatic carbocycles. The predicted molar refractivity (Wildman–Crippen MR) is 132 cm³/mol. The van der Waals surface area contributed by atoms with Crippen LogP contribution in [0.5, 0.6) is 11.5 Å². The van der Waals surface area contributed by atoms with Gasteiger partial charge >= 0.3 is 6.09 Å². The van der Waals surface area contributed by atoms with Crippen LogP contribution < -0.4 is 9.84 Å². The van der Waals surface area contributed by atoms with Gasteiger partial charge in [0.2, 0.25) is 0 Å². The van der Waals surface area contributed by atoms with E-state index in [9.17, 15) is 9.90 Å². The van der Waals surface area contributed by atoms with E-state index < -0.39 is 17.6 Å². The summed E-state index contributed by atoms with van der Waals surface area (Å²) in [6.45, 7) is 3.65. The van der Waals surface area contributed by atoms with E-state index in [1.165, 1.54) is 18.5 Å². The number of hydrogen-bond donors (Lipinski definition) is 0. The molecule has 0 N–H and O–H groups in total. The Morgan fingerprint density at radius 1 is 1.15 bits per heavy atom. The van der Waals surface area contributed by atoms with Crippen molar-refractivity contribution in [1.29, 1.82) is 0 Å². The van der Waals surface area contributed by atoms with Gasteiger partial charge in [-0.15, -0.1) is 0 Å². The van der Waals surface area contributed by atoms with Gasteiger partial charge in [-0.1, -0.05) is 37.1 Å². The van der Waals surface area contributed by atoms with Gasteiger partial charge in [0.1, 0.15) is 11.5 Å². The Morgan fingerprint density at radius 3 is 2.76 bits per heavy atom. The van der Waals surface area contributed by atoms with Crippen molar-refractivity contribution in [3.8, 4) is 22.8 Å². The number of aliphatic imine (C=N–C) groups is 1. The fourth-order valence-corrected chi connectivity index (χ4v) is 5.08. The van der Waals surface area contributed by atoms with Crippen LogP contribution in [0.15, 0.2) is 65.7 Å². The Balaban J connectivity index is 1.48. The van der Waals surface area contributed by atoms with Crippen LogP contribution in [0, 0.1) is 0 Å². The summed E-state index contributed by atoms with van der Waals surface area (Å²) in [5.74, 6) is 0.630. The molecule has 2 heterocycles. The highest BCUT2D eigenvalue weighted by Crippen LogP contribution is 2.37. The van der Waals surface area contributed by atoms with Crippen molar-refractivity contribution in [2.24, 2.45) is 4.99 Å². The Labute approximate surface area is 205 Å². The third-order valence-electron chi connectivity index (χ3n) is 5.79. The first-order valence-electron chi connectivity index (χ1n) is 10.8. The van der Waals surface area contributed by atoms with E-state index in [1.807, 2.05) is 30.3 Å². The smallest absolute Gasteiger partial charge is 0.434 e. The second-order valence-corrected chi connectivity index (χ2v) is 9.43. The summed E-state index contributed by atoms with van der Waals surface area (Å²) >= 11 is 7.55. The second-order valence-electron chi connectivity index (χ2n) is 8.19. The number of nitrogens with zero attached hydrogens (tertiary/aromatic N) is 2. The van der Waals surface area contributed by atoms with Crippen LogP contribution in [-0.4, -0.2) is 16.4 Å². The minimum absolute atomic E-state index is 0.505. The summed E-state index contributed by atoms with van der Waals surface area (Å²) in [5, 5.41) is 14.0. The fourth-order valence-electron chi connectivity index (χ4n) is 4.01. The molecule has 0 saturated heterocycles. The van der Waals surface area contributed by atoms with Gasteiger partial charge in [-0.05, 0) is 79.0 Å². The Hall–Kier alpha value is -3.42. The van der Waals surface area contributed by atoms with Crippen LogP contribution in [0.2, 0.25) is 5.02 Å². The Morgan fingerprint density at radius 2 is 2.00 bits per heavy atom. The van der Waals surface area contributed by atoms with Crippen molar-refractivity contribution in [3.63, 3.8) is 0 Å². The molecule has 0 aliphatic carbocycles. The van der Waals surface area contributed by atoms with Crippen molar-refractivity contribution >= 4 is 45.2 Å². The summed E-state index contributed by atoms with van der Waals surface area (Å²) < 4.78 is 17.1. The van der Waals surface area contributed by atoms with Crippen LogP contribution >= 0.6 is 23.1 Å². The lowest BCUT2D eigenvalue weighted by Crippen LogP contribution is -2.39. The lowest BCUT2D eigenvalue weighted by molar-refractivity contribution is -0.232. The number of amides is 1. The van der Waals surface area contributed by atoms with Crippen LogP contribution in [0.3, 0.4) is 0 Å². The number of halogens is 1. The van der Waals surface area contributed by atoms with Crippen molar-refractivity contribution < 1.29 is 19.4 Å². The molecule has 1 amide bonds. The molecule has 1 aliphatic rings. The number of ether oxygens (including phenoxy) is 2. The molecule has 34 heavy (non-hydrogen) atoms. The molecule has 1 aliphatic heterocycles. The lowest BCUT2D eigenvalue weighted by Gasteiger charge is -2.28. The molecular weight excluding hydrogens is 472 g/mol. The molecule has 4 aromatic rings. The molecule has 0 bridgehead atoms. The zero-order chi connectivity index (χ0) is 23.9. The van der Waals surface area contributed by atoms with Crippen LogP contribution in [0.1, 0.15) is 31.4 Å². The molecule has 172 valence electrons. The molecule has 0 radical (unpaired) electrons. The Bertz CT molecular complexity index is 1450. The lowest BCUT2D eigenvalue weighted by atomic mass is 9.95. The number of aryl methyl sites for hydroxylation is 1. The number of cyclic esters (lactones) is 1. The zero-order valence-corrected chi connectivity index (χ0v) is 20.1. The van der Waals surface area contributed by atoms with Gasteiger partial charge in [-0.25, -0.2) is 4.79 Å². The van der Waals surface area contributed by atoms with Gasteiger partial charge in [0.25, 0.3) is 0 Å². The predicted octanol–water partition coefficient (Wildman–Crippen LogP) is 6.49. The number of aromatic nitrogens is 1. The SMILES string of the molecule is CCCc1cc(-c2nsc3cc(Cl)ccc23)ccc1Oc1cccc([C@@]2(C)OC(=O)N=C2[O-])c1. The van der Waals surface area contributed by atoms with Gasteiger partial charge in [0.15, 0.2) is 5.60 Å². The molecule has 1 aromatic heterocycles. The van der Waals surface area contributed by atoms with E-state index in [1.54, 1.807) is 24.3 Å². The summed E-state index contributed by atoms with van der Waals surface area (Å²) in [7, 11) is 0. The van der Waals surface area contributed by atoms with E-state index in [0.29, 0.717) is 16.3 Å². The number of carbonyl (C=O) groups excluding carboxylic acids is 1. The summed E-state index contributed by atoms with van der Waals surface area (Å²) in [4.78, 5) is 14.9. The minimum atomic E-state index is -1.44. The molecule has 6 nitrogen and oxygen atoms in total. The van der Waals surface area contributed by atoms with Gasteiger partial charge in [-0.2, -0.15) is 9.37 Å². The van der Waals surface area contributed by atoms with Crippen LogP contribution in [-0.2, 0) is 16.8 Å². The monoisotopic (exact) mass is 491 g/mol. The van der Waals surface area contributed by atoms with Crippen LogP contribution in [0.25, 0.3) is 21.3 Å². The number of fused-ring (bicyclic) bond motifs is 1. The summed E-state index contributed by atoms with van der Waals surface area (Å²) in [6.07, 6.45) is 0.886. The molecule has 8 heteroatoms. The van der Waals surface area contributed by atoms with Crippen molar-refractivity contribution in [1.82, 2.24) is 4.37 Å². The quantitative estimate of drug-likeness (QED) is 0.308. The molecule has 0 fully saturated rings. The van der Waals surface area contributed by atoms with Gasteiger partial charge < -0.3 is 14.6 Å². The van der Waals surface area contributed by atoms with Crippen LogP contribution in [0.4, 0.5) is 4.79 Å². The molecule has 0 spiro atoms. The standard InChI is InChI=1S/C26H21ClN2O4S/c1-3-5-15-12-16(23-20-10-9-18(27)14-22(20)34-29-23)8-11-21(15)32-19-7-4-6-17(13-19)26(2)24(30)28-25(31)33-26/h4,6-14H,3,5H2,1-2H3,(H,28,30,31)/p-1/t26-/m1/s1. The second kappa shape index (κ2) is 8.74. The minimum Gasteiger partial charge on any atom is -0.859 e. The normalized spacial score (nSPS) is 17.6. The molecule has 1 atom stereocenters. The molecule has 5 rings (SSSR count). The van der Waals surface area contributed by atoms with E-state index in [0.717, 1.165) is 45.5 Å². The van der Waals surface area contributed by atoms with Crippen molar-refractivity contribution in [2.45, 2.75) is 32.3 Å². The third-order valence-corrected chi connectivity index (χ3v) is 6.84. The topological polar surface area (TPSA) is 83.8 Å². The highest BCUT2D eigenvalue weighted by molar-refractivity contribution is 7.13. The first kappa shape index (κ1) is 22.4. The number of hydrogen-bond acceptors (Lipinski definition) is 6. The molecule has 0 saturated carbocycles. The molecule has 0 unspecified atom stereocenters. The van der Waals surface area contributed by atoms with Crippen molar-refractivity contribution in [2.75, 3.05) is 0 Å². The van der Waals surface area contributed by atoms with Gasteiger partial charge in [0, 0.05) is 27.4 Å².